The molecule has 0 aromatic heterocycles. The smallest absolute Gasteiger partial charge is 0.249 e. The second kappa shape index (κ2) is 8.01. The number of unbranched alkanes of at least 4 members (excludes halogenated alkanes) is 2. The van der Waals surface area contributed by atoms with E-state index in [0.717, 1.165) is 29.5 Å². The largest absolute Gasteiger partial charge is 0.396 e. The van der Waals surface area contributed by atoms with E-state index in [0.29, 0.717) is 25.1 Å². The highest BCUT2D eigenvalue weighted by atomic mass is 16.3. The number of hydrogen-bond donors (Lipinski definition) is 2. The minimum Gasteiger partial charge on any atom is -0.396 e. The van der Waals surface area contributed by atoms with E-state index in [1.54, 1.807) is 4.90 Å². The third-order valence-corrected chi connectivity index (χ3v) is 4.66. The number of carbonyl (C=O) groups excluding carboxylic acids is 3. The number of hydrogen-bond acceptors (Lipinski definition) is 5. The number of nitrogens with zero attached hydrogens (tertiary/aromatic N) is 1. The van der Waals surface area contributed by atoms with Gasteiger partial charge in [0.15, 0.2) is 5.94 Å². The molecule has 0 bridgehead atoms. The number of aliphatic hydroxyl groups is 1. The maximum Gasteiger partial charge on any atom is 0.249 e. The average Bonchev–Trinajstić information content (AvgIpc) is 3.00. The molecule has 1 saturated heterocycles. The molecule has 0 radical (unpaired) electrons. The van der Waals surface area contributed by atoms with Crippen molar-refractivity contribution in [2.24, 2.45) is 0 Å². The highest BCUT2D eigenvalue weighted by Gasteiger charge is 2.38. The SMILES string of the molecule is O=C=C1c2cccc(C#CCCCCO)c2CN1C1CCC(=O)NC1=O. The molecule has 1 aromatic rings. The summed E-state index contributed by atoms with van der Waals surface area (Å²) in [6.07, 6.45) is 2.89. The Hall–Kier alpha value is -2.87. The van der Waals surface area contributed by atoms with Crippen molar-refractivity contribution < 1.29 is 19.5 Å². The van der Waals surface area contributed by atoms with Gasteiger partial charge in [0.2, 0.25) is 11.8 Å². The molecule has 1 aromatic carbocycles. The molecule has 0 aliphatic carbocycles. The van der Waals surface area contributed by atoms with E-state index in [1.807, 2.05) is 24.1 Å². The molecular formula is C20H20N2O4. The highest BCUT2D eigenvalue weighted by Crippen LogP contribution is 2.36. The first-order valence-electron chi connectivity index (χ1n) is 8.73. The number of aliphatic hydroxyl groups excluding tert-OH is 1. The minimum atomic E-state index is -0.554. The van der Waals surface area contributed by atoms with Gasteiger partial charge in [-0.05, 0) is 30.9 Å². The lowest BCUT2D eigenvalue weighted by Gasteiger charge is -2.30. The molecule has 3 rings (SSSR count). The summed E-state index contributed by atoms with van der Waals surface area (Å²) in [7, 11) is 0. The lowest BCUT2D eigenvalue weighted by molar-refractivity contribution is -0.136. The Kier molecular flexibility index (Phi) is 5.52. The number of benzene rings is 1. The zero-order valence-electron chi connectivity index (χ0n) is 14.4. The van der Waals surface area contributed by atoms with Crippen LogP contribution < -0.4 is 5.32 Å². The quantitative estimate of drug-likeness (QED) is 0.365. The second-order valence-electron chi connectivity index (χ2n) is 6.36. The molecule has 1 fully saturated rings. The van der Waals surface area contributed by atoms with Crippen LogP contribution in [0, 0.1) is 11.8 Å². The number of nitrogens with one attached hydrogen (secondary N) is 1. The molecule has 2 aliphatic heterocycles. The van der Waals surface area contributed by atoms with Crippen LogP contribution >= 0.6 is 0 Å². The molecule has 6 nitrogen and oxygen atoms in total. The van der Waals surface area contributed by atoms with Gasteiger partial charge in [-0.25, -0.2) is 4.79 Å². The van der Waals surface area contributed by atoms with Crippen LogP contribution in [-0.4, -0.2) is 40.4 Å². The van der Waals surface area contributed by atoms with Gasteiger partial charge in [-0.2, -0.15) is 0 Å². The maximum atomic E-state index is 12.2. The van der Waals surface area contributed by atoms with Crippen LogP contribution in [-0.2, 0) is 20.9 Å². The van der Waals surface area contributed by atoms with Crippen molar-refractivity contribution in [2.75, 3.05) is 6.61 Å². The maximum absolute atomic E-state index is 12.2. The molecule has 2 N–H and O–H groups in total. The van der Waals surface area contributed by atoms with Crippen molar-refractivity contribution in [1.82, 2.24) is 10.2 Å². The number of piperidine rings is 1. The average molecular weight is 352 g/mol. The van der Waals surface area contributed by atoms with Crippen LogP contribution in [0.4, 0.5) is 0 Å². The van der Waals surface area contributed by atoms with Crippen molar-refractivity contribution in [3.8, 4) is 11.8 Å². The Morgan fingerprint density at radius 2 is 2.12 bits per heavy atom. The van der Waals surface area contributed by atoms with E-state index in [-0.39, 0.29) is 24.8 Å². The van der Waals surface area contributed by atoms with Gasteiger partial charge in [-0.15, -0.1) is 0 Å². The topological polar surface area (TPSA) is 86.7 Å². The molecule has 2 heterocycles. The molecule has 2 aliphatic rings. The minimum absolute atomic E-state index is 0.164. The number of amides is 2. The fraction of sp³-hybridized carbons (Fsp3) is 0.400. The Morgan fingerprint density at radius 3 is 2.85 bits per heavy atom. The summed E-state index contributed by atoms with van der Waals surface area (Å²) in [5.74, 6) is 7.53. The van der Waals surface area contributed by atoms with Gasteiger partial charge in [-0.1, -0.05) is 24.0 Å². The van der Waals surface area contributed by atoms with E-state index in [9.17, 15) is 14.4 Å². The van der Waals surface area contributed by atoms with Gasteiger partial charge >= 0.3 is 0 Å². The lowest BCUT2D eigenvalue weighted by Crippen LogP contribution is -2.50. The summed E-state index contributed by atoms with van der Waals surface area (Å²) in [6, 6.07) is 5.01. The fourth-order valence-corrected chi connectivity index (χ4v) is 3.34. The van der Waals surface area contributed by atoms with Crippen molar-refractivity contribution in [3.63, 3.8) is 0 Å². The molecule has 0 spiro atoms. The van der Waals surface area contributed by atoms with E-state index in [1.165, 1.54) is 0 Å². The number of rotatable bonds is 4. The van der Waals surface area contributed by atoms with Crippen molar-refractivity contribution >= 4 is 23.5 Å². The lowest BCUT2D eigenvalue weighted by atomic mass is 10.0. The van der Waals surface area contributed by atoms with Crippen LogP contribution in [0.25, 0.3) is 5.70 Å². The monoisotopic (exact) mass is 352 g/mol. The van der Waals surface area contributed by atoms with Crippen molar-refractivity contribution in [2.45, 2.75) is 44.7 Å². The molecule has 1 atom stereocenters. The molecule has 2 amide bonds. The molecule has 1 unspecified atom stereocenters. The van der Waals surface area contributed by atoms with E-state index in [4.69, 9.17) is 5.11 Å². The van der Waals surface area contributed by atoms with Gasteiger partial charge in [-0.3, -0.25) is 14.9 Å². The standard InChI is InChI=1S/C20H20N2O4/c23-11-4-2-1-3-6-14-7-5-8-15-16(14)12-22(18(15)13-24)17-9-10-19(25)21-20(17)26/h5,7-8,17,23H,1-2,4,9-12H2,(H,21,25,26). The molecule has 0 saturated carbocycles. The predicted octanol–water partition coefficient (Wildman–Crippen LogP) is 0.994. The van der Waals surface area contributed by atoms with Crippen LogP contribution in [0.5, 0.6) is 0 Å². The van der Waals surface area contributed by atoms with Crippen LogP contribution in [0.3, 0.4) is 0 Å². The van der Waals surface area contributed by atoms with Crippen LogP contribution in [0.1, 0.15) is 48.8 Å². The van der Waals surface area contributed by atoms with Crippen LogP contribution in [0.15, 0.2) is 18.2 Å². The summed E-state index contributed by atoms with van der Waals surface area (Å²) in [5.41, 5.74) is 2.82. The highest BCUT2D eigenvalue weighted by molar-refractivity contribution is 6.02. The Labute approximate surface area is 151 Å². The van der Waals surface area contributed by atoms with Crippen molar-refractivity contribution in [3.05, 3.63) is 34.9 Å². The molecule has 134 valence electrons. The summed E-state index contributed by atoms with van der Waals surface area (Å²) < 4.78 is 0. The number of fused-ring (bicyclic) bond motifs is 1. The first kappa shape index (κ1) is 17.9. The van der Waals surface area contributed by atoms with Gasteiger partial charge in [0.05, 0.1) is 0 Å². The Bertz CT molecular complexity index is 843. The van der Waals surface area contributed by atoms with Crippen LogP contribution in [0.2, 0.25) is 0 Å². The summed E-state index contributed by atoms with van der Waals surface area (Å²) in [6.45, 7) is 0.560. The first-order chi connectivity index (χ1) is 12.7. The number of imide groups is 1. The van der Waals surface area contributed by atoms with Crippen molar-refractivity contribution in [1.29, 1.82) is 0 Å². The van der Waals surface area contributed by atoms with E-state index in [2.05, 4.69) is 17.2 Å². The first-order valence-corrected chi connectivity index (χ1v) is 8.73. The summed E-state index contributed by atoms with van der Waals surface area (Å²) in [4.78, 5) is 36.9. The molecule has 26 heavy (non-hydrogen) atoms. The molecular weight excluding hydrogens is 332 g/mol. The third-order valence-electron chi connectivity index (χ3n) is 4.66. The van der Waals surface area contributed by atoms with E-state index < -0.39 is 6.04 Å². The van der Waals surface area contributed by atoms with Gasteiger partial charge in [0.1, 0.15) is 11.7 Å². The number of carbonyl (C=O) groups is 2. The molecule has 6 heteroatoms. The zero-order chi connectivity index (χ0) is 18.5. The second-order valence-corrected chi connectivity index (χ2v) is 6.36. The zero-order valence-corrected chi connectivity index (χ0v) is 14.4. The van der Waals surface area contributed by atoms with Gasteiger partial charge in [0, 0.05) is 37.1 Å². The Balaban J connectivity index is 1.85. The predicted molar refractivity (Wildman–Crippen MR) is 95.1 cm³/mol. The summed E-state index contributed by atoms with van der Waals surface area (Å²) >= 11 is 0. The van der Waals surface area contributed by atoms with Gasteiger partial charge < -0.3 is 10.0 Å². The third kappa shape index (κ3) is 3.55. The van der Waals surface area contributed by atoms with Gasteiger partial charge in [0.25, 0.3) is 0 Å². The van der Waals surface area contributed by atoms with E-state index >= 15 is 0 Å². The fourth-order valence-electron chi connectivity index (χ4n) is 3.34. The summed E-state index contributed by atoms with van der Waals surface area (Å²) in [5, 5.41) is 11.1. The Morgan fingerprint density at radius 1 is 1.27 bits per heavy atom. The normalized spacial score (nSPS) is 18.7.